The number of nitrogens with one attached hydrogen (secondary N) is 1. The number of likely N-dealkylation sites (tertiary alicyclic amines) is 1. The van der Waals surface area contributed by atoms with E-state index in [0.717, 1.165) is 49.2 Å². The molecule has 3 amide bonds. The van der Waals surface area contributed by atoms with Crippen LogP contribution in [-0.2, 0) is 14.4 Å². The topological polar surface area (TPSA) is 75.7 Å². The summed E-state index contributed by atoms with van der Waals surface area (Å²) in [6.07, 6.45) is 5.13. The zero-order valence-corrected chi connectivity index (χ0v) is 15.9. The number of aryl methyl sites for hydroxylation is 1. The van der Waals surface area contributed by atoms with Crippen molar-refractivity contribution in [2.24, 2.45) is 11.8 Å². The van der Waals surface area contributed by atoms with Crippen LogP contribution < -0.4 is 10.1 Å². The molecule has 2 unspecified atom stereocenters. The van der Waals surface area contributed by atoms with E-state index in [-0.39, 0.29) is 36.1 Å². The average molecular weight is 372 g/mol. The van der Waals surface area contributed by atoms with Crippen molar-refractivity contribution in [2.45, 2.75) is 45.4 Å². The molecule has 0 aromatic heterocycles. The zero-order valence-electron chi connectivity index (χ0n) is 15.9. The van der Waals surface area contributed by atoms with Gasteiger partial charge in [-0.1, -0.05) is 30.5 Å². The highest BCUT2D eigenvalue weighted by Gasteiger charge is 2.48. The molecule has 2 fully saturated rings. The van der Waals surface area contributed by atoms with Gasteiger partial charge in [0.25, 0.3) is 0 Å². The number of fused-ring (bicyclic) bond motifs is 1. The number of amides is 3. The molecule has 2 aliphatic rings. The van der Waals surface area contributed by atoms with E-state index in [1.165, 1.54) is 5.56 Å². The molecule has 1 heterocycles. The summed E-state index contributed by atoms with van der Waals surface area (Å²) in [5.41, 5.74) is 1.19. The molecule has 146 valence electrons. The number of carbonyl (C=O) groups excluding carboxylic acids is 3. The fourth-order valence-corrected chi connectivity index (χ4v) is 3.87. The Bertz CT molecular complexity index is 662. The van der Waals surface area contributed by atoms with Crippen LogP contribution in [0.25, 0.3) is 0 Å². The van der Waals surface area contributed by atoms with Gasteiger partial charge in [0, 0.05) is 6.54 Å². The molecule has 0 bridgehead atoms. The predicted octanol–water partition coefficient (Wildman–Crippen LogP) is 2.45. The minimum absolute atomic E-state index is 0.148. The Morgan fingerprint density at radius 2 is 1.70 bits per heavy atom. The van der Waals surface area contributed by atoms with Crippen molar-refractivity contribution in [1.82, 2.24) is 10.2 Å². The number of benzene rings is 1. The van der Waals surface area contributed by atoms with E-state index in [1.54, 1.807) is 0 Å². The van der Waals surface area contributed by atoms with E-state index in [9.17, 15) is 14.4 Å². The summed E-state index contributed by atoms with van der Waals surface area (Å²) >= 11 is 0. The van der Waals surface area contributed by atoms with Gasteiger partial charge in [0.1, 0.15) is 12.3 Å². The standard InChI is InChI=1S/C21H28N2O4/c1-15-8-10-16(11-9-15)27-13-5-4-12-22-19(24)14-23-20(25)17-6-2-3-7-18(17)21(23)26/h8-11,17-18H,2-7,12-14H2,1H3,(H,22,24). The van der Waals surface area contributed by atoms with Gasteiger partial charge in [-0.05, 0) is 44.7 Å². The molecule has 6 heteroatoms. The number of hydrogen-bond acceptors (Lipinski definition) is 4. The molecule has 2 atom stereocenters. The van der Waals surface area contributed by atoms with E-state index in [1.807, 2.05) is 31.2 Å². The van der Waals surface area contributed by atoms with Crippen molar-refractivity contribution in [2.75, 3.05) is 19.7 Å². The maximum absolute atomic E-state index is 12.4. The van der Waals surface area contributed by atoms with Crippen LogP contribution in [0.15, 0.2) is 24.3 Å². The molecule has 27 heavy (non-hydrogen) atoms. The third-order valence-corrected chi connectivity index (χ3v) is 5.42. The highest BCUT2D eigenvalue weighted by atomic mass is 16.5. The average Bonchev–Trinajstić information content (AvgIpc) is 2.91. The van der Waals surface area contributed by atoms with Crippen molar-refractivity contribution in [3.8, 4) is 5.75 Å². The van der Waals surface area contributed by atoms with Crippen LogP contribution in [0.5, 0.6) is 5.75 Å². The quantitative estimate of drug-likeness (QED) is 0.562. The lowest BCUT2D eigenvalue weighted by molar-refractivity contribution is -0.143. The predicted molar refractivity (Wildman–Crippen MR) is 101 cm³/mol. The maximum Gasteiger partial charge on any atom is 0.240 e. The summed E-state index contributed by atoms with van der Waals surface area (Å²) in [7, 11) is 0. The lowest BCUT2D eigenvalue weighted by atomic mass is 9.81. The van der Waals surface area contributed by atoms with Crippen molar-refractivity contribution in [3.63, 3.8) is 0 Å². The molecule has 1 aromatic carbocycles. The van der Waals surface area contributed by atoms with Crippen LogP contribution in [0.4, 0.5) is 0 Å². The van der Waals surface area contributed by atoms with E-state index in [0.29, 0.717) is 13.2 Å². The summed E-state index contributed by atoms with van der Waals surface area (Å²) in [6, 6.07) is 7.90. The smallest absolute Gasteiger partial charge is 0.240 e. The lowest BCUT2D eigenvalue weighted by Gasteiger charge is -2.19. The van der Waals surface area contributed by atoms with Crippen LogP contribution in [0, 0.1) is 18.8 Å². The molecule has 1 saturated heterocycles. The minimum atomic E-state index is -0.269. The van der Waals surface area contributed by atoms with Crippen LogP contribution >= 0.6 is 0 Å². The van der Waals surface area contributed by atoms with Gasteiger partial charge < -0.3 is 10.1 Å². The van der Waals surface area contributed by atoms with Gasteiger partial charge in [-0.3, -0.25) is 19.3 Å². The van der Waals surface area contributed by atoms with Gasteiger partial charge >= 0.3 is 0 Å². The van der Waals surface area contributed by atoms with Crippen LogP contribution in [-0.4, -0.2) is 42.3 Å². The normalized spacial score (nSPS) is 21.9. The second-order valence-corrected chi connectivity index (χ2v) is 7.48. The SMILES string of the molecule is Cc1ccc(OCCCCNC(=O)CN2C(=O)C3CCCCC3C2=O)cc1. The van der Waals surface area contributed by atoms with Gasteiger partial charge in [-0.2, -0.15) is 0 Å². The molecule has 3 rings (SSSR count). The summed E-state index contributed by atoms with van der Waals surface area (Å²) in [5, 5.41) is 2.80. The van der Waals surface area contributed by atoms with Crippen molar-refractivity contribution in [3.05, 3.63) is 29.8 Å². The monoisotopic (exact) mass is 372 g/mol. The number of imide groups is 1. The molecule has 1 N–H and O–H groups in total. The van der Waals surface area contributed by atoms with Crippen molar-refractivity contribution in [1.29, 1.82) is 0 Å². The Kier molecular flexibility index (Phi) is 6.48. The fraction of sp³-hybridized carbons (Fsp3) is 0.571. The number of hydrogen-bond donors (Lipinski definition) is 1. The number of carbonyl (C=O) groups is 3. The third-order valence-electron chi connectivity index (χ3n) is 5.42. The van der Waals surface area contributed by atoms with Gasteiger partial charge in [0.15, 0.2) is 0 Å². The van der Waals surface area contributed by atoms with E-state index in [4.69, 9.17) is 4.74 Å². The Morgan fingerprint density at radius 3 is 2.33 bits per heavy atom. The molecule has 1 aliphatic carbocycles. The lowest BCUT2D eigenvalue weighted by Crippen LogP contribution is -2.41. The van der Waals surface area contributed by atoms with Gasteiger partial charge in [0.2, 0.25) is 17.7 Å². The molecule has 0 radical (unpaired) electrons. The first-order valence-electron chi connectivity index (χ1n) is 9.87. The van der Waals surface area contributed by atoms with Gasteiger partial charge in [0.05, 0.1) is 18.4 Å². The first-order chi connectivity index (χ1) is 13.1. The summed E-state index contributed by atoms with van der Waals surface area (Å²) in [6.45, 7) is 2.98. The number of nitrogens with zero attached hydrogens (tertiary/aromatic N) is 1. The second kappa shape index (κ2) is 9.02. The van der Waals surface area contributed by atoms with Gasteiger partial charge in [-0.15, -0.1) is 0 Å². The highest BCUT2D eigenvalue weighted by Crippen LogP contribution is 2.37. The molecule has 1 aromatic rings. The Balaban J connectivity index is 1.32. The fourth-order valence-electron chi connectivity index (χ4n) is 3.87. The van der Waals surface area contributed by atoms with Crippen LogP contribution in [0.2, 0.25) is 0 Å². The largest absolute Gasteiger partial charge is 0.494 e. The Hall–Kier alpha value is -2.37. The van der Waals surface area contributed by atoms with E-state index in [2.05, 4.69) is 5.32 Å². The summed E-state index contributed by atoms with van der Waals surface area (Å²) in [4.78, 5) is 38.0. The first kappa shape index (κ1) is 19.4. The Labute approximate surface area is 160 Å². The van der Waals surface area contributed by atoms with Crippen LogP contribution in [0.1, 0.15) is 44.1 Å². The van der Waals surface area contributed by atoms with E-state index >= 15 is 0 Å². The highest BCUT2D eigenvalue weighted by molar-refractivity contribution is 6.07. The molecular weight excluding hydrogens is 344 g/mol. The summed E-state index contributed by atoms with van der Waals surface area (Å²) in [5.74, 6) is -0.138. The Morgan fingerprint density at radius 1 is 1.07 bits per heavy atom. The zero-order chi connectivity index (χ0) is 19.2. The van der Waals surface area contributed by atoms with Crippen molar-refractivity contribution >= 4 is 17.7 Å². The molecule has 1 aliphatic heterocycles. The molecular formula is C21H28N2O4. The number of rotatable bonds is 8. The third kappa shape index (κ3) is 4.87. The van der Waals surface area contributed by atoms with Crippen LogP contribution in [0.3, 0.4) is 0 Å². The molecule has 6 nitrogen and oxygen atoms in total. The van der Waals surface area contributed by atoms with Crippen molar-refractivity contribution < 1.29 is 19.1 Å². The second-order valence-electron chi connectivity index (χ2n) is 7.48. The maximum atomic E-state index is 12.4. The molecule has 0 spiro atoms. The molecule has 1 saturated carbocycles. The first-order valence-corrected chi connectivity index (χ1v) is 9.87. The minimum Gasteiger partial charge on any atom is -0.494 e. The number of ether oxygens (including phenoxy) is 1. The number of unbranched alkanes of at least 4 members (excludes halogenated alkanes) is 1. The van der Waals surface area contributed by atoms with E-state index < -0.39 is 0 Å². The summed E-state index contributed by atoms with van der Waals surface area (Å²) < 4.78 is 5.65. The van der Waals surface area contributed by atoms with Gasteiger partial charge in [-0.25, -0.2) is 0 Å².